The summed E-state index contributed by atoms with van der Waals surface area (Å²) in [5, 5.41) is 4.04. The molecular formula is C21H24N3O2+. The van der Waals surface area contributed by atoms with Crippen LogP contribution in [-0.2, 0) is 0 Å². The van der Waals surface area contributed by atoms with Gasteiger partial charge in [-0.25, -0.2) is 4.98 Å². The minimum Gasteiger partial charge on any atom is -0.497 e. The van der Waals surface area contributed by atoms with E-state index in [1.165, 1.54) is 4.90 Å². The highest BCUT2D eigenvalue weighted by Crippen LogP contribution is 2.16. The maximum atomic E-state index is 12.5. The van der Waals surface area contributed by atoms with Crippen LogP contribution >= 0.6 is 0 Å². The van der Waals surface area contributed by atoms with Crippen molar-refractivity contribution in [3.63, 3.8) is 0 Å². The molecule has 0 aliphatic heterocycles. The molecule has 0 spiro atoms. The van der Waals surface area contributed by atoms with Crippen LogP contribution in [-0.4, -0.2) is 38.6 Å². The number of benzene rings is 2. The number of hydrogen-bond donors (Lipinski definition) is 2. The Morgan fingerprint density at radius 1 is 1.08 bits per heavy atom. The highest BCUT2D eigenvalue weighted by Gasteiger charge is 2.19. The highest BCUT2D eigenvalue weighted by molar-refractivity contribution is 5.94. The van der Waals surface area contributed by atoms with E-state index in [0.29, 0.717) is 12.2 Å². The molecule has 3 aromatic rings. The molecule has 0 unspecified atom stereocenters. The van der Waals surface area contributed by atoms with Crippen LogP contribution in [0.25, 0.3) is 10.9 Å². The third-order valence-electron chi connectivity index (χ3n) is 4.51. The lowest BCUT2D eigenvalue weighted by Crippen LogP contribution is -3.07. The number of carbonyl (C=O) groups is 1. The van der Waals surface area contributed by atoms with Crippen molar-refractivity contribution in [1.82, 2.24) is 10.3 Å². The van der Waals surface area contributed by atoms with E-state index in [1.54, 1.807) is 13.2 Å². The number of methoxy groups -OCH3 is 1. The predicted octanol–water partition coefficient (Wildman–Crippen LogP) is 1.86. The first-order valence-electron chi connectivity index (χ1n) is 8.66. The number of carbonyl (C=O) groups excluding carboxylic acids is 1. The van der Waals surface area contributed by atoms with Gasteiger partial charge in [-0.05, 0) is 36.4 Å². The van der Waals surface area contributed by atoms with Crippen LogP contribution in [0.3, 0.4) is 0 Å². The van der Waals surface area contributed by atoms with Gasteiger partial charge in [0, 0.05) is 10.9 Å². The van der Waals surface area contributed by atoms with E-state index in [-0.39, 0.29) is 11.9 Å². The van der Waals surface area contributed by atoms with Crippen molar-refractivity contribution in [3.8, 4) is 5.75 Å². The summed E-state index contributed by atoms with van der Waals surface area (Å²) in [4.78, 5) is 18.2. The molecule has 134 valence electrons. The number of fused-ring (bicyclic) bond motifs is 1. The zero-order chi connectivity index (χ0) is 18.5. The molecule has 26 heavy (non-hydrogen) atoms. The monoisotopic (exact) mass is 350 g/mol. The van der Waals surface area contributed by atoms with E-state index in [1.807, 2.05) is 54.6 Å². The fraction of sp³-hybridized carbons (Fsp3) is 0.238. The average Bonchev–Trinajstić information content (AvgIpc) is 2.67. The van der Waals surface area contributed by atoms with Gasteiger partial charge in [-0.2, -0.15) is 0 Å². The number of hydrogen-bond acceptors (Lipinski definition) is 3. The highest BCUT2D eigenvalue weighted by atomic mass is 16.5. The molecule has 0 fully saturated rings. The molecule has 0 radical (unpaired) electrons. The third-order valence-corrected chi connectivity index (χ3v) is 4.51. The van der Waals surface area contributed by atoms with E-state index in [4.69, 9.17) is 4.74 Å². The maximum Gasteiger partial charge on any atom is 0.270 e. The number of nitrogens with zero attached hydrogens (tertiary/aromatic N) is 1. The van der Waals surface area contributed by atoms with Gasteiger partial charge in [-0.15, -0.1) is 0 Å². The summed E-state index contributed by atoms with van der Waals surface area (Å²) in [6.45, 7) is 0.530. The van der Waals surface area contributed by atoms with Gasteiger partial charge in [0.15, 0.2) is 0 Å². The molecule has 1 heterocycles. The summed E-state index contributed by atoms with van der Waals surface area (Å²) in [5.41, 5.74) is 2.41. The van der Waals surface area contributed by atoms with Crippen LogP contribution in [0.2, 0.25) is 0 Å². The summed E-state index contributed by atoms with van der Waals surface area (Å²) in [7, 11) is 5.81. The van der Waals surface area contributed by atoms with Crippen molar-refractivity contribution in [2.24, 2.45) is 0 Å². The van der Waals surface area contributed by atoms with Gasteiger partial charge in [0.1, 0.15) is 17.5 Å². The lowest BCUT2D eigenvalue weighted by molar-refractivity contribution is -0.890. The van der Waals surface area contributed by atoms with Gasteiger partial charge in [-0.1, -0.05) is 24.3 Å². The molecule has 0 bridgehead atoms. The fourth-order valence-corrected chi connectivity index (χ4v) is 2.97. The number of nitrogens with one attached hydrogen (secondary N) is 2. The minimum atomic E-state index is -0.157. The molecule has 3 rings (SSSR count). The number of quaternary nitrogens is 1. The van der Waals surface area contributed by atoms with Crippen LogP contribution in [0.4, 0.5) is 0 Å². The van der Waals surface area contributed by atoms with Crippen LogP contribution in [0.5, 0.6) is 5.75 Å². The number of para-hydroxylation sites is 1. The lowest BCUT2D eigenvalue weighted by atomic mass is 10.1. The van der Waals surface area contributed by atoms with E-state index in [9.17, 15) is 4.79 Å². The van der Waals surface area contributed by atoms with Crippen molar-refractivity contribution in [1.29, 1.82) is 0 Å². The Hall–Kier alpha value is -2.92. The number of rotatable bonds is 6. The fourth-order valence-electron chi connectivity index (χ4n) is 2.97. The van der Waals surface area contributed by atoms with Crippen molar-refractivity contribution >= 4 is 16.8 Å². The predicted molar refractivity (Wildman–Crippen MR) is 103 cm³/mol. The molecule has 0 aliphatic rings. The largest absolute Gasteiger partial charge is 0.497 e. The number of amides is 1. The van der Waals surface area contributed by atoms with E-state index in [0.717, 1.165) is 22.2 Å². The van der Waals surface area contributed by atoms with Crippen molar-refractivity contribution in [2.75, 3.05) is 27.7 Å². The van der Waals surface area contributed by atoms with Crippen molar-refractivity contribution in [2.45, 2.75) is 6.04 Å². The standard InChI is InChI=1S/C21H23N3O2/c1-24(2)20(16-8-11-17(26-3)12-9-16)14-22-21(25)19-13-10-15-6-4-5-7-18(15)23-19/h4-13,20H,14H2,1-3H3,(H,22,25)/p+1/t20-/m1/s1. The normalized spacial score (nSPS) is 12.2. The average molecular weight is 350 g/mol. The van der Waals surface area contributed by atoms with E-state index >= 15 is 0 Å². The Balaban J connectivity index is 1.72. The van der Waals surface area contributed by atoms with Crippen LogP contribution in [0.1, 0.15) is 22.1 Å². The van der Waals surface area contributed by atoms with Gasteiger partial charge in [-0.3, -0.25) is 4.79 Å². The minimum absolute atomic E-state index is 0.144. The first-order chi connectivity index (χ1) is 12.6. The molecular weight excluding hydrogens is 326 g/mol. The third kappa shape index (κ3) is 4.00. The first kappa shape index (κ1) is 17.9. The second-order valence-corrected chi connectivity index (χ2v) is 6.50. The van der Waals surface area contributed by atoms with Gasteiger partial charge < -0.3 is 15.0 Å². The smallest absolute Gasteiger partial charge is 0.270 e. The molecule has 1 atom stereocenters. The van der Waals surface area contributed by atoms with Gasteiger partial charge in [0.05, 0.1) is 33.3 Å². The van der Waals surface area contributed by atoms with Crippen molar-refractivity contribution < 1.29 is 14.4 Å². The Morgan fingerprint density at radius 3 is 2.50 bits per heavy atom. The van der Waals surface area contributed by atoms with Gasteiger partial charge >= 0.3 is 0 Å². The number of pyridine rings is 1. The maximum absolute atomic E-state index is 12.5. The van der Waals surface area contributed by atoms with Crippen LogP contribution < -0.4 is 15.0 Å². The summed E-state index contributed by atoms with van der Waals surface area (Å²) < 4.78 is 5.22. The van der Waals surface area contributed by atoms with Gasteiger partial charge in [0.25, 0.3) is 5.91 Å². The lowest BCUT2D eigenvalue weighted by Gasteiger charge is -2.22. The number of aromatic nitrogens is 1. The summed E-state index contributed by atoms with van der Waals surface area (Å²) in [6, 6.07) is 19.6. The summed E-state index contributed by atoms with van der Waals surface area (Å²) >= 11 is 0. The topological polar surface area (TPSA) is 55.7 Å². The van der Waals surface area contributed by atoms with Gasteiger partial charge in [0.2, 0.25) is 0 Å². The molecule has 5 heteroatoms. The molecule has 0 saturated carbocycles. The molecule has 0 aliphatic carbocycles. The first-order valence-corrected chi connectivity index (χ1v) is 8.66. The second kappa shape index (κ2) is 7.97. The molecule has 1 aromatic heterocycles. The van der Waals surface area contributed by atoms with E-state index < -0.39 is 0 Å². The van der Waals surface area contributed by atoms with Crippen LogP contribution in [0.15, 0.2) is 60.7 Å². The quantitative estimate of drug-likeness (QED) is 0.713. The Morgan fingerprint density at radius 2 is 1.81 bits per heavy atom. The second-order valence-electron chi connectivity index (χ2n) is 6.50. The molecule has 2 aromatic carbocycles. The molecule has 2 N–H and O–H groups in total. The Bertz CT molecular complexity index is 891. The van der Waals surface area contributed by atoms with Crippen molar-refractivity contribution in [3.05, 3.63) is 71.9 Å². The summed E-state index contributed by atoms with van der Waals surface area (Å²) in [5.74, 6) is 0.668. The Labute approximate surface area is 153 Å². The number of likely N-dealkylation sites (N-methyl/N-ethyl adjacent to an activating group) is 1. The zero-order valence-electron chi connectivity index (χ0n) is 15.3. The molecule has 1 amide bonds. The van der Waals surface area contributed by atoms with E-state index in [2.05, 4.69) is 24.4 Å². The summed E-state index contributed by atoms with van der Waals surface area (Å²) in [6.07, 6.45) is 0. The molecule has 5 nitrogen and oxygen atoms in total. The molecule has 0 saturated heterocycles. The zero-order valence-corrected chi connectivity index (χ0v) is 15.3. The SMILES string of the molecule is COc1ccc([C@@H](CNC(=O)c2ccc3ccccc3n2)[NH+](C)C)cc1. The Kier molecular flexibility index (Phi) is 5.49. The number of ether oxygens (including phenoxy) is 1. The van der Waals surface area contributed by atoms with Crippen LogP contribution in [0, 0.1) is 0 Å².